The first-order valence-electron chi connectivity index (χ1n) is 15.2. The number of β-amino-alcohol motifs (C(OH)–C–C–N with tert-alkyl or cyclic N) is 1. The molecule has 2 heterocycles. The highest BCUT2D eigenvalue weighted by molar-refractivity contribution is 7.93. The monoisotopic (exact) mass is 725 g/mol. The minimum atomic E-state index is -5.31. The Balaban J connectivity index is 1.89. The highest BCUT2D eigenvalue weighted by Crippen LogP contribution is 2.55. The maximum absolute atomic E-state index is 15.4. The van der Waals surface area contributed by atoms with E-state index >= 15 is 4.79 Å². The summed E-state index contributed by atoms with van der Waals surface area (Å²) in [5.41, 5.74) is -1.50. The first-order valence-corrected chi connectivity index (χ1v) is 17.0. The number of halogens is 4. The molecule has 0 aliphatic carbocycles. The maximum atomic E-state index is 15.4. The number of aryl methyl sites for hydroxylation is 1. The van der Waals surface area contributed by atoms with Crippen LogP contribution in [0.1, 0.15) is 36.5 Å². The number of carbonyl (C=O) groups excluding carboxylic acids is 2. The van der Waals surface area contributed by atoms with E-state index in [0.717, 1.165) is 23.8 Å². The maximum Gasteiger partial charge on any atom is 0.573 e. The van der Waals surface area contributed by atoms with E-state index < -0.39 is 56.5 Å². The number of rotatable bonds is 10. The van der Waals surface area contributed by atoms with Crippen LogP contribution >= 0.6 is 11.6 Å². The first-order chi connectivity index (χ1) is 23.0. The van der Waals surface area contributed by atoms with E-state index in [1.165, 1.54) is 56.3 Å². The summed E-state index contributed by atoms with van der Waals surface area (Å²) in [4.78, 5) is 30.9. The molecule has 0 saturated carbocycles. The number of aliphatic hydroxyl groups is 1. The lowest BCUT2D eigenvalue weighted by Gasteiger charge is -2.42. The summed E-state index contributed by atoms with van der Waals surface area (Å²) in [5.74, 6) is -2.75. The van der Waals surface area contributed by atoms with Crippen molar-refractivity contribution in [2.45, 2.75) is 55.1 Å². The molecule has 49 heavy (non-hydrogen) atoms. The number of anilines is 1. The van der Waals surface area contributed by atoms with Crippen LogP contribution < -0.4 is 18.5 Å². The number of amides is 2. The molecule has 16 heteroatoms. The van der Waals surface area contributed by atoms with Crippen molar-refractivity contribution in [1.29, 1.82) is 0 Å². The number of benzene rings is 3. The number of hydrogen-bond donors (Lipinski definition) is 1. The molecule has 0 radical (unpaired) electrons. The van der Waals surface area contributed by atoms with Crippen molar-refractivity contribution in [2.75, 3.05) is 39.2 Å². The van der Waals surface area contributed by atoms with Crippen LogP contribution in [0.15, 0.2) is 59.5 Å². The summed E-state index contributed by atoms with van der Waals surface area (Å²) >= 11 is 6.52. The zero-order valence-corrected chi connectivity index (χ0v) is 28.8. The second-order valence-electron chi connectivity index (χ2n) is 11.9. The Morgan fingerprint density at radius 3 is 2.37 bits per heavy atom. The summed E-state index contributed by atoms with van der Waals surface area (Å²) < 4.78 is 85.4. The third kappa shape index (κ3) is 6.28. The number of aliphatic hydroxyl groups excluding tert-OH is 1. The quantitative estimate of drug-likeness (QED) is 0.316. The van der Waals surface area contributed by atoms with Crippen LogP contribution in [0.25, 0.3) is 0 Å². The number of methoxy groups -OCH3 is 2. The topological polar surface area (TPSA) is 126 Å². The fourth-order valence-corrected chi connectivity index (χ4v) is 8.34. The van der Waals surface area contributed by atoms with Crippen molar-refractivity contribution in [3.05, 3.63) is 76.3 Å². The second kappa shape index (κ2) is 13.3. The van der Waals surface area contributed by atoms with Crippen molar-refractivity contribution in [3.8, 4) is 17.2 Å². The van der Waals surface area contributed by atoms with Crippen molar-refractivity contribution in [2.24, 2.45) is 0 Å². The molecule has 0 aromatic heterocycles. The molecule has 2 amide bonds. The number of likely N-dealkylation sites (N-methyl/N-ethyl adjacent to an activating group) is 1. The number of likely N-dealkylation sites (tertiary alicyclic amines) is 1. The van der Waals surface area contributed by atoms with Gasteiger partial charge in [0, 0.05) is 42.9 Å². The zero-order valence-electron chi connectivity index (χ0n) is 27.2. The summed E-state index contributed by atoms with van der Waals surface area (Å²) in [7, 11) is 0.320. The smallest absolute Gasteiger partial charge is 0.497 e. The average molecular weight is 726 g/mol. The predicted octanol–water partition coefficient (Wildman–Crippen LogP) is 4.71. The van der Waals surface area contributed by atoms with Gasteiger partial charge in [0.05, 0.1) is 32.1 Å². The lowest BCUT2D eigenvalue weighted by molar-refractivity contribution is -0.275. The van der Waals surface area contributed by atoms with E-state index in [1.54, 1.807) is 18.2 Å². The van der Waals surface area contributed by atoms with E-state index in [4.69, 9.17) is 21.1 Å². The van der Waals surface area contributed by atoms with Crippen LogP contribution in [0.2, 0.25) is 5.02 Å². The first kappa shape index (κ1) is 36.2. The van der Waals surface area contributed by atoms with Crippen LogP contribution in [0.5, 0.6) is 17.2 Å². The SMILES string of the molecule is CCCc1ccc(OC)c(C2(N3C[C@H](O)C[C@H]3C(=O)N(C)C)C(=O)N(S(=O)(=O)c3ccc(OC)cc3OC(F)(F)F)c3ccc(Cl)cc32)c1. The Morgan fingerprint density at radius 1 is 1.04 bits per heavy atom. The standard InChI is InChI=1S/C33H35ClF3N3O8S/c1-6-7-19-8-12-27(47-5)24(14-19)32(39-18-21(41)16-26(39)30(42)38(2)3)23-15-20(34)9-11-25(23)40(31(32)43)49(44,45)29-13-10-22(46-4)17-28(29)48-33(35,36)37/h8-15,17,21,26,41H,6-7,16,18H2,1-5H3/t21-,26+,32?/m1/s1. The summed E-state index contributed by atoms with van der Waals surface area (Å²) in [6.45, 7) is 1.68. The Kier molecular flexibility index (Phi) is 9.87. The van der Waals surface area contributed by atoms with Crippen LogP contribution in [-0.4, -0.2) is 88.5 Å². The molecule has 11 nitrogen and oxygen atoms in total. The Labute approximate surface area is 286 Å². The average Bonchev–Trinajstić information content (AvgIpc) is 3.54. The minimum absolute atomic E-state index is 0.0120. The van der Waals surface area contributed by atoms with Gasteiger partial charge in [0.15, 0.2) is 11.3 Å². The van der Waals surface area contributed by atoms with Crippen LogP contribution in [-0.2, 0) is 31.6 Å². The van der Waals surface area contributed by atoms with Crippen molar-refractivity contribution >= 4 is 39.1 Å². The summed E-state index contributed by atoms with van der Waals surface area (Å²) in [6.07, 6.45) is -5.27. The molecule has 2 aliphatic heterocycles. The molecule has 3 aromatic rings. The number of ether oxygens (including phenoxy) is 3. The zero-order chi connectivity index (χ0) is 36.1. The van der Waals surface area contributed by atoms with Gasteiger partial charge >= 0.3 is 6.36 Å². The molecule has 3 atom stereocenters. The van der Waals surface area contributed by atoms with Gasteiger partial charge in [-0.1, -0.05) is 31.0 Å². The lowest BCUT2D eigenvalue weighted by atomic mass is 9.80. The molecular formula is C33H35ClF3N3O8S. The second-order valence-corrected chi connectivity index (χ2v) is 14.1. The highest BCUT2D eigenvalue weighted by Gasteiger charge is 2.64. The normalized spacial score (nSPS) is 21.1. The Bertz CT molecular complexity index is 1890. The molecule has 3 aromatic carbocycles. The molecule has 1 N–H and O–H groups in total. The minimum Gasteiger partial charge on any atom is -0.497 e. The van der Waals surface area contributed by atoms with Gasteiger partial charge in [-0.2, -0.15) is 0 Å². The van der Waals surface area contributed by atoms with Gasteiger partial charge in [-0.3, -0.25) is 14.5 Å². The number of fused-ring (bicyclic) bond motifs is 1. The van der Waals surface area contributed by atoms with E-state index in [9.17, 15) is 31.5 Å². The van der Waals surface area contributed by atoms with Gasteiger partial charge in [0.25, 0.3) is 15.9 Å². The molecule has 1 fully saturated rings. The van der Waals surface area contributed by atoms with E-state index in [2.05, 4.69) is 4.74 Å². The third-order valence-corrected chi connectivity index (χ3v) is 10.6. The molecule has 5 rings (SSSR count). The summed E-state index contributed by atoms with van der Waals surface area (Å²) in [6, 6.07) is 10.6. The van der Waals surface area contributed by atoms with Crippen LogP contribution in [0, 0.1) is 0 Å². The highest BCUT2D eigenvalue weighted by atomic mass is 35.5. The molecule has 2 aliphatic rings. The van der Waals surface area contributed by atoms with Gasteiger partial charge < -0.3 is 24.2 Å². The number of nitrogens with zero attached hydrogens (tertiary/aromatic N) is 3. The largest absolute Gasteiger partial charge is 0.573 e. The number of sulfonamides is 1. The van der Waals surface area contributed by atoms with E-state index in [0.29, 0.717) is 17.1 Å². The predicted molar refractivity (Wildman–Crippen MR) is 173 cm³/mol. The van der Waals surface area contributed by atoms with Crippen molar-refractivity contribution in [1.82, 2.24) is 9.80 Å². The van der Waals surface area contributed by atoms with Crippen molar-refractivity contribution < 1.29 is 50.5 Å². The number of carbonyl (C=O) groups is 2. The summed E-state index contributed by atoms with van der Waals surface area (Å²) in [5, 5.41) is 11.1. The lowest BCUT2D eigenvalue weighted by Crippen LogP contribution is -2.59. The fourth-order valence-electron chi connectivity index (χ4n) is 6.61. The van der Waals surface area contributed by atoms with E-state index in [1.807, 2.05) is 6.92 Å². The fraction of sp³-hybridized carbons (Fsp3) is 0.394. The molecular weight excluding hydrogens is 691 g/mol. The van der Waals surface area contributed by atoms with E-state index in [-0.39, 0.29) is 46.3 Å². The Morgan fingerprint density at radius 2 is 1.76 bits per heavy atom. The van der Waals surface area contributed by atoms with Crippen LogP contribution in [0.3, 0.4) is 0 Å². The van der Waals surface area contributed by atoms with Crippen LogP contribution in [0.4, 0.5) is 18.9 Å². The van der Waals surface area contributed by atoms with Crippen molar-refractivity contribution in [3.63, 3.8) is 0 Å². The van der Waals surface area contributed by atoms with Gasteiger partial charge in [-0.25, -0.2) is 12.7 Å². The Hall–Kier alpha value is -4.05. The number of alkyl halides is 3. The molecule has 0 bridgehead atoms. The van der Waals surface area contributed by atoms with Gasteiger partial charge in [0.1, 0.15) is 16.4 Å². The molecule has 0 spiro atoms. The molecule has 1 saturated heterocycles. The van der Waals surface area contributed by atoms with Gasteiger partial charge in [-0.15, -0.1) is 13.2 Å². The van der Waals surface area contributed by atoms with Gasteiger partial charge in [-0.05, 0) is 60.9 Å². The van der Waals surface area contributed by atoms with Gasteiger partial charge in [0.2, 0.25) is 5.91 Å². The number of hydrogen-bond acceptors (Lipinski definition) is 9. The molecule has 1 unspecified atom stereocenters. The third-order valence-electron chi connectivity index (χ3n) is 8.58. The molecule has 264 valence electrons.